The van der Waals surface area contributed by atoms with Crippen molar-refractivity contribution in [1.82, 2.24) is 20.1 Å². The van der Waals surface area contributed by atoms with Crippen LogP contribution in [0, 0.1) is 0 Å². The molecule has 1 fully saturated rings. The van der Waals surface area contributed by atoms with Crippen molar-refractivity contribution >= 4 is 5.91 Å². The molecule has 16 heavy (non-hydrogen) atoms. The highest BCUT2D eigenvalue weighted by Gasteiger charge is 2.35. The van der Waals surface area contributed by atoms with Gasteiger partial charge in [0.1, 0.15) is 5.82 Å². The SMILES string of the molecule is CCc1nc(C(=O)N2CCC(C)(O)C2)n[nH]1. The molecule has 0 aromatic carbocycles. The highest BCUT2D eigenvalue weighted by Crippen LogP contribution is 2.21. The Labute approximate surface area is 93.7 Å². The molecule has 6 nitrogen and oxygen atoms in total. The van der Waals surface area contributed by atoms with Crippen molar-refractivity contribution in [3.8, 4) is 0 Å². The maximum atomic E-state index is 11.9. The number of nitrogens with one attached hydrogen (secondary N) is 1. The van der Waals surface area contributed by atoms with Crippen LogP contribution in [0.3, 0.4) is 0 Å². The van der Waals surface area contributed by atoms with Crippen LogP contribution in [0.25, 0.3) is 0 Å². The minimum Gasteiger partial charge on any atom is -0.388 e. The number of likely N-dealkylation sites (tertiary alicyclic amines) is 1. The van der Waals surface area contributed by atoms with Crippen LogP contribution in [-0.2, 0) is 6.42 Å². The lowest BCUT2D eigenvalue weighted by Gasteiger charge is -2.17. The number of aromatic amines is 1. The Hall–Kier alpha value is -1.43. The number of hydrogen-bond acceptors (Lipinski definition) is 4. The predicted molar refractivity (Wildman–Crippen MR) is 56.9 cm³/mol. The second-order valence-electron chi connectivity index (χ2n) is 4.43. The number of aliphatic hydroxyl groups is 1. The van der Waals surface area contributed by atoms with Crippen LogP contribution in [0.1, 0.15) is 36.7 Å². The zero-order chi connectivity index (χ0) is 11.8. The first-order valence-corrected chi connectivity index (χ1v) is 5.45. The van der Waals surface area contributed by atoms with Gasteiger partial charge in [-0.3, -0.25) is 9.89 Å². The van der Waals surface area contributed by atoms with Crippen molar-refractivity contribution < 1.29 is 9.90 Å². The van der Waals surface area contributed by atoms with Crippen molar-refractivity contribution in [2.75, 3.05) is 13.1 Å². The molecule has 6 heteroatoms. The van der Waals surface area contributed by atoms with Gasteiger partial charge in [0.25, 0.3) is 5.91 Å². The number of nitrogens with zero attached hydrogens (tertiary/aromatic N) is 3. The van der Waals surface area contributed by atoms with E-state index in [2.05, 4.69) is 15.2 Å². The first-order valence-electron chi connectivity index (χ1n) is 5.45. The van der Waals surface area contributed by atoms with Gasteiger partial charge in [-0.05, 0) is 13.3 Å². The van der Waals surface area contributed by atoms with E-state index in [9.17, 15) is 9.90 Å². The number of H-pyrrole nitrogens is 1. The molecule has 2 heterocycles. The van der Waals surface area contributed by atoms with Crippen LogP contribution in [0.2, 0.25) is 0 Å². The van der Waals surface area contributed by atoms with E-state index in [0.717, 1.165) is 6.42 Å². The van der Waals surface area contributed by atoms with Gasteiger partial charge in [-0.2, -0.15) is 0 Å². The Morgan fingerprint density at radius 2 is 2.44 bits per heavy atom. The fourth-order valence-electron chi connectivity index (χ4n) is 1.81. The molecular formula is C10H16N4O2. The van der Waals surface area contributed by atoms with Crippen LogP contribution in [-0.4, -0.2) is 49.8 Å². The molecule has 0 spiro atoms. The van der Waals surface area contributed by atoms with Gasteiger partial charge in [0, 0.05) is 19.5 Å². The third kappa shape index (κ3) is 2.06. The number of carbonyl (C=O) groups excluding carboxylic acids is 1. The van der Waals surface area contributed by atoms with Crippen LogP contribution in [0.4, 0.5) is 0 Å². The third-order valence-corrected chi connectivity index (χ3v) is 2.80. The van der Waals surface area contributed by atoms with Crippen molar-refractivity contribution in [2.45, 2.75) is 32.3 Å². The van der Waals surface area contributed by atoms with Crippen LogP contribution >= 0.6 is 0 Å². The molecule has 2 N–H and O–H groups in total. The Morgan fingerprint density at radius 1 is 1.69 bits per heavy atom. The molecule has 2 rings (SSSR count). The number of aryl methyl sites for hydroxylation is 1. The monoisotopic (exact) mass is 224 g/mol. The van der Waals surface area contributed by atoms with Crippen molar-refractivity contribution in [3.05, 3.63) is 11.6 Å². The van der Waals surface area contributed by atoms with Crippen LogP contribution in [0.15, 0.2) is 0 Å². The van der Waals surface area contributed by atoms with Gasteiger partial charge in [-0.1, -0.05) is 6.92 Å². The second-order valence-corrected chi connectivity index (χ2v) is 4.43. The summed E-state index contributed by atoms with van der Waals surface area (Å²) in [5.74, 6) is 0.678. The van der Waals surface area contributed by atoms with Gasteiger partial charge < -0.3 is 10.0 Å². The van der Waals surface area contributed by atoms with E-state index >= 15 is 0 Å². The average Bonchev–Trinajstić information content (AvgIpc) is 2.83. The first kappa shape index (κ1) is 11.1. The number of hydrogen-bond donors (Lipinski definition) is 2. The topological polar surface area (TPSA) is 82.1 Å². The molecule has 1 saturated heterocycles. The lowest BCUT2D eigenvalue weighted by Crippen LogP contribution is -2.34. The lowest BCUT2D eigenvalue weighted by atomic mass is 10.1. The summed E-state index contributed by atoms with van der Waals surface area (Å²) in [6.45, 7) is 4.58. The minimum absolute atomic E-state index is 0.189. The van der Waals surface area contributed by atoms with E-state index in [4.69, 9.17) is 0 Å². The number of aromatic nitrogens is 3. The smallest absolute Gasteiger partial charge is 0.293 e. The quantitative estimate of drug-likeness (QED) is 0.738. The number of rotatable bonds is 2. The van der Waals surface area contributed by atoms with Crippen molar-refractivity contribution in [2.24, 2.45) is 0 Å². The first-order chi connectivity index (χ1) is 7.52. The number of carbonyl (C=O) groups is 1. The number of amides is 1. The van der Waals surface area contributed by atoms with E-state index in [1.165, 1.54) is 0 Å². The van der Waals surface area contributed by atoms with Gasteiger partial charge >= 0.3 is 0 Å². The van der Waals surface area contributed by atoms with E-state index in [-0.39, 0.29) is 11.7 Å². The minimum atomic E-state index is -0.778. The van der Waals surface area contributed by atoms with Crippen LogP contribution < -0.4 is 0 Å². The highest BCUT2D eigenvalue weighted by molar-refractivity contribution is 5.90. The molecule has 1 atom stereocenters. The molecule has 1 aliphatic rings. The predicted octanol–water partition coefficient (Wildman–Crippen LogP) is -0.0360. The Bertz CT molecular complexity index is 399. The maximum absolute atomic E-state index is 11.9. The molecule has 0 saturated carbocycles. The third-order valence-electron chi connectivity index (χ3n) is 2.80. The summed E-state index contributed by atoms with van der Waals surface area (Å²) in [6.07, 6.45) is 1.32. The Balaban J connectivity index is 2.08. The van der Waals surface area contributed by atoms with Crippen molar-refractivity contribution in [1.29, 1.82) is 0 Å². The fraction of sp³-hybridized carbons (Fsp3) is 0.700. The molecule has 0 aliphatic carbocycles. The molecule has 0 bridgehead atoms. The largest absolute Gasteiger partial charge is 0.388 e. The van der Waals surface area contributed by atoms with Crippen LogP contribution in [0.5, 0.6) is 0 Å². The highest BCUT2D eigenvalue weighted by atomic mass is 16.3. The lowest BCUT2D eigenvalue weighted by molar-refractivity contribution is 0.0566. The van der Waals surface area contributed by atoms with E-state index < -0.39 is 5.60 Å². The Morgan fingerprint density at radius 3 is 2.94 bits per heavy atom. The van der Waals surface area contributed by atoms with E-state index in [1.54, 1.807) is 11.8 Å². The maximum Gasteiger partial charge on any atom is 0.293 e. The molecular weight excluding hydrogens is 208 g/mol. The van der Waals surface area contributed by atoms with Gasteiger partial charge in [0.2, 0.25) is 5.82 Å². The standard InChI is InChI=1S/C10H16N4O2/c1-3-7-11-8(13-12-7)9(15)14-5-4-10(2,16)6-14/h16H,3-6H2,1-2H3,(H,11,12,13). The summed E-state index contributed by atoms with van der Waals surface area (Å²) in [5.41, 5.74) is -0.778. The normalized spacial score (nSPS) is 25.1. The van der Waals surface area contributed by atoms with E-state index in [0.29, 0.717) is 25.3 Å². The Kier molecular flexibility index (Phi) is 2.67. The molecule has 1 unspecified atom stereocenters. The van der Waals surface area contributed by atoms with Crippen molar-refractivity contribution in [3.63, 3.8) is 0 Å². The van der Waals surface area contributed by atoms with E-state index in [1.807, 2.05) is 6.92 Å². The molecule has 1 aromatic rings. The number of β-amino-alcohol motifs (C(OH)–C–C–N with tert-alkyl or cyclic N) is 1. The van der Waals surface area contributed by atoms with Gasteiger partial charge in [-0.25, -0.2) is 4.98 Å². The van der Waals surface area contributed by atoms with Gasteiger partial charge in [0.05, 0.1) is 5.60 Å². The average molecular weight is 224 g/mol. The van der Waals surface area contributed by atoms with Gasteiger partial charge in [-0.15, -0.1) is 5.10 Å². The summed E-state index contributed by atoms with van der Waals surface area (Å²) >= 11 is 0. The summed E-state index contributed by atoms with van der Waals surface area (Å²) in [6, 6.07) is 0. The zero-order valence-corrected chi connectivity index (χ0v) is 9.53. The summed E-state index contributed by atoms with van der Waals surface area (Å²) < 4.78 is 0. The molecule has 1 aromatic heterocycles. The molecule has 88 valence electrons. The fourth-order valence-corrected chi connectivity index (χ4v) is 1.81. The summed E-state index contributed by atoms with van der Waals surface area (Å²) in [5, 5.41) is 16.3. The summed E-state index contributed by atoms with van der Waals surface area (Å²) in [4.78, 5) is 17.6. The molecule has 1 amide bonds. The zero-order valence-electron chi connectivity index (χ0n) is 9.53. The molecule has 0 radical (unpaired) electrons. The molecule has 1 aliphatic heterocycles. The summed E-state index contributed by atoms with van der Waals surface area (Å²) in [7, 11) is 0. The van der Waals surface area contributed by atoms with Gasteiger partial charge in [0.15, 0.2) is 0 Å². The second kappa shape index (κ2) is 3.86.